The van der Waals surface area contributed by atoms with E-state index in [0.717, 1.165) is 30.0 Å². The predicted octanol–water partition coefficient (Wildman–Crippen LogP) is 5.74. The molecule has 0 amide bonds. The Kier molecular flexibility index (Phi) is 7.63. The molecule has 2 N–H and O–H groups in total. The van der Waals surface area contributed by atoms with Crippen molar-refractivity contribution < 1.29 is 21.9 Å². The van der Waals surface area contributed by atoms with Gasteiger partial charge in [0.1, 0.15) is 11.6 Å². The lowest BCUT2D eigenvalue weighted by Crippen LogP contribution is -2.23. The van der Waals surface area contributed by atoms with Crippen LogP contribution in [0.4, 0.5) is 14.5 Å². The third kappa shape index (κ3) is 5.39. The third-order valence-corrected chi connectivity index (χ3v) is 9.60. The Morgan fingerprint density at radius 3 is 2.56 bits per heavy atom. The van der Waals surface area contributed by atoms with Crippen LogP contribution in [0, 0.1) is 24.5 Å². The minimum Gasteiger partial charge on any atom is -0.382 e. The van der Waals surface area contributed by atoms with E-state index in [1.807, 2.05) is 13.0 Å². The first kappa shape index (κ1) is 27.6. The number of aryl methyl sites for hydroxylation is 1. The van der Waals surface area contributed by atoms with Gasteiger partial charge >= 0.3 is 0 Å². The van der Waals surface area contributed by atoms with Gasteiger partial charge in [-0.25, -0.2) is 26.2 Å². The van der Waals surface area contributed by atoms with Crippen LogP contribution in [0.2, 0.25) is 0 Å². The van der Waals surface area contributed by atoms with E-state index >= 15 is 4.39 Å². The number of halogens is 2. The maximum atomic E-state index is 15.4. The zero-order valence-corrected chi connectivity index (χ0v) is 23.6. The molecule has 1 fully saturated rings. The average Bonchev–Trinajstić information content (AvgIpc) is 3.39. The van der Waals surface area contributed by atoms with Gasteiger partial charge in [-0.1, -0.05) is 23.8 Å². The summed E-state index contributed by atoms with van der Waals surface area (Å²) in [5, 5.41) is 6.88. The number of pyridine rings is 1. The van der Waals surface area contributed by atoms with E-state index in [2.05, 4.69) is 15.6 Å². The van der Waals surface area contributed by atoms with E-state index < -0.39 is 21.7 Å². The summed E-state index contributed by atoms with van der Waals surface area (Å²) in [7, 11) is -4.05. The maximum absolute atomic E-state index is 15.4. The van der Waals surface area contributed by atoms with Crippen molar-refractivity contribution in [3.63, 3.8) is 0 Å². The standard InChI is InChI=1S/C31H32F2N4O3S/c1-20-2-4-23(5-3-20)41(38,39)37-30(22-6-11-34-12-7-22)17-26-24(8-13-35-31(26)37)25-16-29(28(33)18-27(25)32)36-19-21-9-14-40-15-10-21/h2-6,8,13,16-18,21,34,36H,7,9-12,14-15,19H2,1H3. The van der Waals surface area contributed by atoms with E-state index in [1.165, 1.54) is 16.2 Å². The zero-order chi connectivity index (χ0) is 28.6. The number of fused-ring (bicyclic) bond motifs is 1. The number of hydrogen-bond donors (Lipinski definition) is 2. The summed E-state index contributed by atoms with van der Waals surface area (Å²) < 4.78 is 65.1. The normalized spacial score (nSPS) is 16.6. The Morgan fingerprint density at radius 2 is 1.83 bits per heavy atom. The lowest BCUT2D eigenvalue weighted by molar-refractivity contribution is 0.0699. The number of nitrogens with zero attached hydrogens (tertiary/aromatic N) is 2. The van der Waals surface area contributed by atoms with Crippen molar-refractivity contribution in [1.82, 2.24) is 14.3 Å². The highest BCUT2D eigenvalue weighted by atomic mass is 32.2. The van der Waals surface area contributed by atoms with Gasteiger partial charge in [-0.3, -0.25) is 0 Å². The highest BCUT2D eigenvalue weighted by Crippen LogP contribution is 2.38. The smallest absolute Gasteiger partial charge is 0.269 e. The highest BCUT2D eigenvalue weighted by molar-refractivity contribution is 7.90. The quantitative estimate of drug-likeness (QED) is 0.291. The first-order valence-corrected chi connectivity index (χ1v) is 15.3. The molecule has 4 heterocycles. The summed E-state index contributed by atoms with van der Waals surface area (Å²) in [6.45, 7) is 5.11. The SMILES string of the molecule is Cc1ccc(S(=O)(=O)n2c(C3=CCNCC3)cc3c(-c4cc(NCC5CCOCC5)c(F)cc4F)ccnc32)cc1. The van der Waals surface area contributed by atoms with Gasteiger partial charge in [-0.2, -0.15) is 0 Å². The fraction of sp³-hybridized carbons (Fsp3) is 0.323. The Balaban J connectivity index is 1.49. The van der Waals surface area contributed by atoms with Crippen molar-refractivity contribution in [2.45, 2.75) is 31.1 Å². The molecular formula is C31H32F2N4O3S. The van der Waals surface area contributed by atoms with Crippen LogP contribution >= 0.6 is 0 Å². The second kappa shape index (κ2) is 11.3. The second-order valence-corrected chi connectivity index (χ2v) is 12.4. The topological polar surface area (TPSA) is 85.2 Å². The molecule has 0 unspecified atom stereocenters. The molecule has 0 aliphatic carbocycles. The van der Waals surface area contributed by atoms with Crippen LogP contribution in [0.3, 0.4) is 0 Å². The lowest BCUT2D eigenvalue weighted by atomic mass is 9.99. The summed E-state index contributed by atoms with van der Waals surface area (Å²) in [5.74, 6) is -1.07. The van der Waals surface area contributed by atoms with Gasteiger partial charge in [0.15, 0.2) is 5.65 Å². The molecule has 41 heavy (non-hydrogen) atoms. The van der Waals surface area contributed by atoms with Gasteiger partial charge in [0, 0.05) is 49.5 Å². The summed E-state index contributed by atoms with van der Waals surface area (Å²) in [6.07, 6.45) is 5.82. The molecule has 2 aliphatic rings. The molecule has 0 spiro atoms. The molecule has 2 aliphatic heterocycles. The number of ether oxygens (including phenoxy) is 1. The molecule has 4 aromatic rings. The number of hydrogen-bond acceptors (Lipinski definition) is 6. The first-order valence-electron chi connectivity index (χ1n) is 13.9. The number of benzene rings is 2. The molecule has 7 nitrogen and oxygen atoms in total. The fourth-order valence-electron chi connectivity index (χ4n) is 5.54. The largest absolute Gasteiger partial charge is 0.382 e. The number of aromatic nitrogens is 2. The summed E-state index contributed by atoms with van der Waals surface area (Å²) in [5.41, 5.74) is 3.29. The minimum absolute atomic E-state index is 0.135. The average molecular weight is 579 g/mol. The van der Waals surface area contributed by atoms with E-state index in [4.69, 9.17) is 4.74 Å². The van der Waals surface area contributed by atoms with Crippen molar-refractivity contribution in [3.8, 4) is 11.1 Å². The molecule has 0 saturated carbocycles. The Labute approximate surface area is 238 Å². The van der Waals surface area contributed by atoms with Gasteiger partial charge in [-0.15, -0.1) is 0 Å². The molecule has 2 aromatic carbocycles. The van der Waals surface area contributed by atoms with Crippen LogP contribution in [-0.2, 0) is 14.8 Å². The molecule has 1 saturated heterocycles. The summed E-state index contributed by atoms with van der Waals surface area (Å²) in [4.78, 5) is 4.61. The van der Waals surface area contributed by atoms with Crippen LogP contribution in [-0.4, -0.2) is 50.2 Å². The van der Waals surface area contributed by atoms with Crippen molar-refractivity contribution >= 4 is 32.3 Å². The van der Waals surface area contributed by atoms with Crippen LogP contribution in [0.1, 0.15) is 30.5 Å². The van der Waals surface area contributed by atoms with Crippen LogP contribution < -0.4 is 10.6 Å². The van der Waals surface area contributed by atoms with E-state index in [1.54, 1.807) is 36.4 Å². The van der Waals surface area contributed by atoms with Crippen LogP contribution in [0.15, 0.2) is 65.7 Å². The minimum atomic E-state index is -4.05. The summed E-state index contributed by atoms with van der Waals surface area (Å²) in [6, 6.07) is 12.4. The van der Waals surface area contributed by atoms with Gasteiger partial charge in [-0.05, 0) is 80.1 Å². The van der Waals surface area contributed by atoms with E-state index in [0.29, 0.717) is 61.8 Å². The van der Waals surface area contributed by atoms with Crippen molar-refractivity contribution in [2.75, 3.05) is 38.2 Å². The molecular weight excluding hydrogens is 546 g/mol. The fourth-order valence-corrected chi connectivity index (χ4v) is 7.04. The molecule has 2 aromatic heterocycles. The van der Waals surface area contributed by atoms with Gasteiger partial charge < -0.3 is 15.4 Å². The molecule has 0 bridgehead atoms. The first-order chi connectivity index (χ1) is 19.8. The molecule has 0 radical (unpaired) electrons. The van der Waals surface area contributed by atoms with Crippen LogP contribution in [0.5, 0.6) is 0 Å². The molecule has 0 atom stereocenters. The lowest BCUT2D eigenvalue weighted by Gasteiger charge is -2.23. The van der Waals surface area contributed by atoms with Gasteiger partial charge in [0.25, 0.3) is 10.0 Å². The van der Waals surface area contributed by atoms with Crippen molar-refractivity contribution in [1.29, 1.82) is 0 Å². The predicted molar refractivity (Wildman–Crippen MR) is 156 cm³/mol. The Morgan fingerprint density at radius 1 is 1.05 bits per heavy atom. The molecule has 214 valence electrons. The zero-order valence-electron chi connectivity index (χ0n) is 22.8. The highest BCUT2D eigenvalue weighted by Gasteiger charge is 2.28. The second-order valence-electron chi connectivity index (χ2n) is 10.6. The number of rotatable bonds is 7. The van der Waals surface area contributed by atoms with E-state index in [-0.39, 0.29) is 21.8 Å². The number of anilines is 1. The third-order valence-electron chi connectivity index (χ3n) is 7.88. The van der Waals surface area contributed by atoms with Crippen molar-refractivity contribution in [3.05, 3.63) is 83.7 Å². The summed E-state index contributed by atoms with van der Waals surface area (Å²) >= 11 is 0. The van der Waals surface area contributed by atoms with Crippen LogP contribution in [0.25, 0.3) is 27.7 Å². The molecule has 10 heteroatoms. The Hall–Kier alpha value is -3.60. The molecule has 6 rings (SSSR count). The monoisotopic (exact) mass is 578 g/mol. The van der Waals surface area contributed by atoms with Crippen molar-refractivity contribution in [2.24, 2.45) is 5.92 Å². The number of nitrogens with one attached hydrogen (secondary N) is 2. The van der Waals surface area contributed by atoms with Gasteiger partial charge in [0.2, 0.25) is 0 Å². The van der Waals surface area contributed by atoms with E-state index in [9.17, 15) is 12.8 Å². The Bertz CT molecular complexity index is 1730. The van der Waals surface area contributed by atoms with Gasteiger partial charge in [0.05, 0.1) is 16.3 Å². The maximum Gasteiger partial charge on any atom is 0.269 e.